The molecule has 3 aromatic rings. The van der Waals surface area contributed by atoms with E-state index in [0.717, 1.165) is 10.9 Å². The van der Waals surface area contributed by atoms with Gasteiger partial charge in [0.1, 0.15) is 11.5 Å². The largest absolute Gasteiger partial charge is 0.478 e. The zero-order valence-electron chi connectivity index (χ0n) is 10.8. The number of hydrogen-bond acceptors (Lipinski definition) is 3. The van der Waals surface area contributed by atoms with Gasteiger partial charge in [-0.25, -0.2) is 4.79 Å². The molecule has 1 N–H and O–H groups in total. The Bertz CT molecular complexity index is 827. The summed E-state index contributed by atoms with van der Waals surface area (Å²) in [6.45, 7) is 0. The molecule has 0 amide bonds. The van der Waals surface area contributed by atoms with Gasteiger partial charge in [-0.1, -0.05) is 17.7 Å². The van der Waals surface area contributed by atoms with Crippen LogP contribution in [0.5, 0.6) is 11.5 Å². The highest BCUT2D eigenvalue weighted by molar-refractivity contribution is 6.32. The van der Waals surface area contributed by atoms with Crippen molar-refractivity contribution in [2.75, 3.05) is 0 Å². The summed E-state index contributed by atoms with van der Waals surface area (Å²) in [6, 6.07) is 13.6. The van der Waals surface area contributed by atoms with Crippen molar-refractivity contribution in [1.82, 2.24) is 4.98 Å². The number of aromatic carboxylic acids is 1. The predicted molar refractivity (Wildman–Crippen MR) is 80.2 cm³/mol. The molecule has 2 aromatic carbocycles. The summed E-state index contributed by atoms with van der Waals surface area (Å²) in [5.41, 5.74) is 0.931. The van der Waals surface area contributed by atoms with Crippen molar-refractivity contribution in [2.24, 2.45) is 0 Å². The molecule has 21 heavy (non-hydrogen) atoms. The van der Waals surface area contributed by atoms with E-state index in [4.69, 9.17) is 21.4 Å². The molecular formula is C16H10ClNO3. The number of benzene rings is 2. The first-order valence-corrected chi connectivity index (χ1v) is 6.57. The Kier molecular flexibility index (Phi) is 3.46. The third-order valence-electron chi connectivity index (χ3n) is 3.00. The number of carbonyl (C=O) groups is 1. The Balaban J connectivity index is 2.01. The molecule has 1 heterocycles. The number of carboxylic acid groups (broad SMARTS) is 1. The third kappa shape index (κ3) is 2.66. The number of nitrogens with zero attached hydrogens (tertiary/aromatic N) is 1. The average molecular weight is 300 g/mol. The van der Waals surface area contributed by atoms with E-state index in [0.29, 0.717) is 11.5 Å². The molecule has 0 spiro atoms. The number of carboxylic acids is 1. The van der Waals surface area contributed by atoms with Crippen LogP contribution >= 0.6 is 11.6 Å². The van der Waals surface area contributed by atoms with Crippen molar-refractivity contribution in [3.8, 4) is 11.5 Å². The van der Waals surface area contributed by atoms with E-state index in [9.17, 15) is 4.79 Å². The predicted octanol–water partition coefficient (Wildman–Crippen LogP) is 4.38. The molecular weight excluding hydrogens is 290 g/mol. The molecule has 0 unspecified atom stereocenters. The summed E-state index contributed by atoms with van der Waals surface area (Å²) in [7, 11) is 0. The van der Waals surface area contributed by atoms with Gasteiger partial charge in [-0.15, -0.1) is 0 Å². The van der Waals surface area contributed by atoms with Crippen LogP contribution in [0.4, 0.5) is 0 Å². The molecule has 3 rings (SSSR count). The van der Waals surface area contributed by atoms with E-state index in [-0.39, 0.29) is 10.6 Å². The molecule has 0 aliphatic heterocycles. The number of ether oxygens (including phenoxy) is 1. The lowest BCUT2D eigenvalue weighted by Gasteiger charge is -2.10. The van der Waals surface area contributed by atoms with Gasteiger partial charge < -0.3 is 9.84 Å². The van der Waals surface area contributed by atoms with Gasteiger partial charge in [0.05, 0.1) is 16.1 Å². The quantitative estimate of drug-likeness (QED) is 0.779. The van der Waals surface area contributed by atoms with E-state index < -0.39 is 5.97 Å². The first-order valence-electron chi connectivity index (χ1n) is 6.19. The van der Waals surface area contributed by atoms with E-state index in [1.165, 1.54) is 12.1 Å². The maximum atomic E-state index is 10.9. The van der Waals surface area contributed by atoms with Crippen LogP contribution in [-0.2, 0) is 0 Å². The molecule has 0 atom stereocenters. The van der Waals surface area contributed by atoms with Gasteiger partial charge in [-0.05, 0) is 42.5 Å². The third-order valence-corrected chi connectivity index (χ3v) is 3.30. The monoisotopic (exact) mass is 299 g/mol. The van der Waals surface area contributed by atoms with Crippen LogP contribution < -0.4 is 4.74 Å². The van der Waals surface area contributed by atoms with Gasteiger partial charge >= 0.3 is 5.97 Å². The van der Waals surface area contributed by atoms with Crippen LogP contribution in [0.25, 0.3) is 10.9 Å². The fourth-order valence-electron chi connectivity index (χ4n) is 2.00. The van der Waals surface area contributed by atoms with Gasteiger partial charge in [0.25, 0.3) is 0 Å². The molecule has 0 fully saturated rings. The number of hydrogen-bond donors (Lipinski definition) is 1. The molecule has 0 aliphatic rings. The van der Waals surface area contributed by atoms with Crippen molar-refractivity contribution in [2.45, 2.75) is 0 Å². The maximum Gasteiger partial charge on any atom is 0.335 e. The number of aromatic nitrogens is 1. The van der Waals surface area contributed by atoms with Crippen LogP contribution in [0.15, 0.2) is 54.7 Å². The highest BCUT2D eigenvalue weighted by Crippen LogP contribution is 2.33. The Hall–Kier alpha value is -2.59. The van der Waals surface area contributed by atoms with Crippen LogP contribution in [-0.4, -0.2) is 16.1 Å². The second kappa shape index (κ2) is 5.42. The van der Waals surface area contributed by atoms with Gasteiger partial charge in [0, 0.05) is 11.6 Å². The summed E-state index contributed by atoms with van der Waals surface area (Å²) in [4.78, 5) is 15.1. The highest BCUT2D eigenvalue weighted by Gasteiger charge is 2.10. The van der Waals surface area contributed by atoms with Gasteiger partial charge in [-0.3, -0.25) is 4.98 Å². The maximum absolute atomic E-state index is 10.9. The first-order chi connectivity index (χ1) is 10.1. The normalized spacial score (nSPS) is 10.5. The minimum absolute atomic E-state index is 0.118. The number of fused-ring (bicyclic) bond motifs is 1. The minimum atomic E-state index is -1.03. The van der Waals surface area contributed by atoms with Crippen molar-refractivity contribution in [1.29, 1.82) is 0 Å². The van der Waals surface area contributed by atoms with Crippen LogP contribution in [0.1, 0.15) is 10.4 Å². The van der Waals surface area contributed by atoms with Crippen molar-refractivity contribution in [3.05, 3.63) is 65.3 Å². The van der Waals surface area contributed by atoms with Gasteiger partial charge in [-0.2, -0.15) is 0 Å². The Morgan fingerprint density at radius 2 is 1.95 bits per heavy atom. The van der Waals surface area contributed by atoms with Crippen LogP contribution in [0.3, 0.4) is 0 Å². The summed E-state index contributed by atoms with van der Waals surface area (Å²) >= 11 is 6.07. The number of rotatable bonds is 3. The molecule has 0 saturated heterocycles. The summed E-state index contributed by atoms with van der Waals surface area (Å²) in [6.07, 6.45) is 1.71. The van der Waals surface area contributed by atoms with Gasteiger partial charge in [0.15, 0.2) is 0 Å². The van der Waals surface area contributed by atoms with Crippen molar-refractivity contribution < 1.29 is 14.6 Å². The minimum Gasteiger partial charge on any atom is -0.478 e. The lowest BCUT2D eigenvalue weighted by atomic mass is 10.2. The molecule has 5 heteroatoms. The van der Waals surface area contributed by atoms with Gasteiger partial charge in [0.2, 0.25) is 0 Å². The summed E-state index contributed by atoms with van der Waals surface area (Å²) < 4.78 is 5.79. The lowest BCUT2D eigenvalue weighted by molar-refractivity contribution is 0.0697. The van der Waals surface area contributed by atoms with Crippen molar-refractivity contribution >= 4 is 28.5 Å². The molecule has 0 aliphatic carbocycles. The fraction of sp³-hybridized carbons (Fsp3) is 0. The zero-order valence-corrected chi connectivity index (χ0v) is 11.5. The Labute approximate surface area is 125 Å². The fourth-order valence-corrected chi connectivity index (χ4v) is 2.22. The van der Waals surface area contributed by atoms with Crippen LogP contribution in [0.2, 0.25) is 5.02 Å². The number of halogens is 1. The SMILES string of the molecule is O=C(O)c1ccc(Oc2cccc3ncccc23)c(Cl)c1. The first kappa shape index (κ1) is 13.4. The second-order valence-corrected chi connectivity index (χ2v) is 4.79. The topological polar surface area (TPSA) is 59.4 Å². The Morgan fingerprint density at radius 1 is 1.10 bits per heavy atom. The average Bonchev–Trinajstić information content (AvgIpc) is 2.49. The van der Waals surface area contributed by atoms with E-state index in [1.807, 2.05) is 30.3 Å². The van der Waals surface area contributed by atoms with E-state index in [1.54, 1.807) is 12.3 Å². The highest BCUT2D eigenvalue weighted by atomic mass is 35.5. The molecule has 0 radical (unpaired) electrons. The summed E-state index contributed by atoms with van der Waals surface area (Å²) in [5, 5.41) is 10.0. The smallest absolute Gasteiger partial charge is 0.335 e. The molecule has 4 nitrogen and oxygen atoms in total. The second-order valence-electron chi connectivity index (χ2n) is 4.38. The molecule has 104 valence electrons. The molecule has 0 saturated carbocycles. The molecule has 0 bridgehead atoms. The van der Waals surface area contributed by atoms with E-state index >= 15 is 0 Å². The molecule has 1 aromatic heterocycles. The zero-order chi connectivity index (χ0) is 14.8. The van der Waals surface area contributed by atoms with Crippen LogP contribution in [0, 0.1) is 0 Å². The van der Waals surface area contributed by atoms with E-state index in [2.05, 4.69) is 4.98 Å². The van der Waals surface area contributed by atoms with Crippen molar-refractivity contribution in [3.63, 3.8) is 0 Å². The number of pyridine rings is 1. The lowest BCUT2D eigenvalue weighted by Crippen LogP contribution is -1.96. The summed E-state index contributed by atoms with van der Waals surface area (Å²) in [5.74, 6) is -0.0126. The Morgan fingerprint density at radius 3 is 2.71 bits per heavy atom. The standard InChI is InChI=1S/C16H10ClNO3/c17-12-9-10(16(19)20)6-7-15(12)21-14-5-1-4-13-11(14)3-2-8-18-13/h1-9H,(H,19,20).